The van der Waals surface area contributed by atoms with Crippen molar-refractivity contribution >= 4 is 48.6 Å². The second-order valence-corrected chi connectivity index (χ2v) is 23.6. The molecule has 6 aliphatic rings. The monoisotopic (exact) mass is 634 g/mol. The van der Waals surface area contributed by atoms with Gasteiger partial charge in [0.1, 0.15) is 0 Å². The minimum absolute atomic E-state index is 0. The second kappa shape index (κ2) is 12.4. The van der Waals surface area contributed by atoms with Crippen LogP contribution in [0.2, 0.25) is 24.2 Å². The molecule has 0 amide bonds. The van der Waals surface area contributed by atoms with Crippen LogP contribution in [0.5, 0.6) is 0 Å². The van der Waals surface area contributed by atoms with Crippen LogP contribution in [0, 0.1) is 50.4 Å². The SMILES string of the molecule is CC1=CC2C3C=C(C)SC3C([Si](C)(C)C3C4CCCCC4C4CCCCC43)C2S1.[CH3-].[CH3-].[Cl][Zr+2][Cl]. The molecule has 6 rings (SSSR count). The summed E-state index contributed by atoms with van der Waals surface area (Å²) in [6.45, 7) is 10.6. The second-order valence-electron chi connectivity index (χ2n) is 12.0. The Morgan fingerprint density at radius 2 is 1.06 bits per heavy atom. The quantitative estimate of drug-likeness (QED) is 0.218. The van der Waals surface area contributed by atoms with Crippen LogP contribution in [0.4, 0.5) is 0 Å². The van der Waals surface area contributed by atoms with E-state index in [4.69, 9.17) is 17.0 Å². The van der Waals surface area contributed by atoms with Crippen molar-refractivity contribution in [3.8, 4) is 0 Å². The molecule has 6 heteroatoms. The molecule has 0 N–H and O–H groups in total. The number of hydrogen-bond acceptors (Lipinski definition) is 2. The first-order valence-corrected chi connectivity index (χ1v) is 24.3. The van der Waals surface area contributed by atoms with Gasteiger partial charge in [0, 0.05) is 10.5 Å². The Bertz CT molecular complexity index is 714. The van der Waals surface area contributed by atoms with Gasteiger partial charge in [-0.15, -0.1) is 23.5 Å². The molecule has 2 heterocycles. The van der Waals surface area contributed by atoms with Crippen LogP contribution in [0.1, 0.15) is 65.2 Å². The van der Waals surface area contributed by atoms with Gasteiger partial charge in [-0.25, -0.2) is 0 Å². The van der Waals surface area contributed by atoms with Gasteiger partial charge in [-0.05, 0) is 83.1 Å². The molecule has 4 aliphatic carbocycles. The van der Waals surface area contributed by atoms with E-state index in [-0.39, 0.29) is 14.9 Å². The molecule has 192 valence electrons. The van der Waals surface area contributed by atoms with Crippen LogP contribution in [0.25, 0.3) is 0 Å². The van der Waals surface area contributed by atoms with Crippen LogP contribution < -0.4 is 0 Å². The minimum atomic E-state index is -1.39. The van der Waals surface area contributed by atoms with Gasteiger partial charge >= 0.3 is 37.9 Å². The third-order valence-electron chi connectivity index (χ3n) is 10.3. The first kappa shape index (κ1) is 30.4. The zero-order valence-corrected chi connectivity index (χ0v) is 28.8. The maximum atomic E-state index is 4.93. The summed E-state index contributed by atoms with van der Waals surface area (Å²) in [7, 11) is 8.47. The van der Waals surface area contributed by atoms with Gasteiger partial charge in [-0.2, -0.15) is 0 Å². The molecule has 0 nitrogen and oxygen atoms in total. The van der Waals surface area contributed by atoms with Gasteiger partial charge in [0.25, 0.3) is 0 Å². The van der Waals surface area contributed by atoms with Gasteiger partial charge in [0.05, 0.1) is 8.07 Å². The number of thioether (sulfide) groups is 2. The Morgan fingerprint density at radius 1 is 0.706 bits per heavy atom. The fraction of sp³-hybridized carbons (Fsp3) is 0.786. The molecule has 8 unspecified atom stereocenters. The fourth-order valence-corrected chi connectivity index (χ4v) is 20.7. The van der Waals surface area contributed by atoms with E-state index in [0.29, 0.717) is 0 Å². The van der Waals surface area contributed by atoms with E-state index in [2.05, 4.69) is 62.6 Å². The summed E-state index contributed by atoms with van der Waals surface area (Å²) in [5.41, 5.74) is 2.15. The molecular formula is C28H46Cl2S2SiZr. The van der Waals surface area contributed by atoms with Crippen LogP contribution in [-0.2, 0) is 20.8 Å². The normalized spacial score (nSPS) is 43.9. The molecule has 2 aliphatic heterocycles. The van der Waals surface area contributed by atoms with E-state index in [0.717, 1.165) is 57.1 Å². The van der Waals surface area contributed by atoms with E-state index >= 15 is 0 Å². The van der Waals surface area contributed by atoms with Crippen molar-refractivity contribution in [3.63, 3.8) is 0 Å². The maximum absolute atomic E-state index is 4.93. The van der Waals surface area contributed by atoms with Gasteiger partial charge in [0.2, 0.25) is 0 Å². The summed E-state index contributed by atoms with van der Waals surface area (Å²) in [6.07, 6.45) is 17.9. The van der Waals surface area contributed by atoms with E-state index in [1.807, 2.05) is 0 Å². The van der Waals surface area contributed by atoms with Crippen molar-refractivity contribution < 1.29 is 20.8 Å². The summed E-state index contributed by atoms with van der Waals surface area (Å²) < 4.78 is 0. The van der Waals surface area contributed by atoms with E-state index in [9.17, 15) is 0 Å². The third-order valence-corrected chi connectivity index (χ3v) is 18.6. The number of hydrogen-bond donors (Lipinski definition) is 0. The summed E-state index contributed by atoms with van der Waals surface area (Å²) >= 11 is 3.77. The Balaban J connectivity index is 0.000000618. The van der Waals surface area contributed by atoms with E-state index in [1.165, 1.54) is 25.7 Å². The summed E-state index contributed by atoms with van der Waals surface area (Å²) in [4.78, 5) is 3.27. The van der Waals surface area contributed by atoms with Crippen molar-refractivity contribution in [2.24, 2.45) is 35.5 Å². The number of fused-ring (bicyclic) bond motifs is 6. The fourth-order valence-electron chi connectivity index (χ4n) is 9.69. The molecule has 0 saturated heterocycles. The molecule has 0 spiro atoms. The van der Waals surface area contributed by atoms with Gasteiger partial charge in [-0.3, -0.25) is 0 Å². The summed E-state index contributed by atoms with van der Waals surface area (Å²) in [6, 6.07) is 0. The first-order chi connectivity index (χ1) is 15.4. The van der Waals surface area contributed by atoms with E-state index < -0.39 is 28.9 Å². The van der Waals surface area contributed by atoms with Crippen molar-refractivity contribution in [2.45, 2.75) is 99.9 Å². The predicted molar refractivity (Wildman–Crippen MR) is 158 cm³/mol. The average Bonchev–Trinajstić information content (AvgIpc) is 3.46. The average molecular weight is 637 g/mol. The van der Waals surface area contributed by atoms with Crippen LogP contribution in [0.3, 0.4) is 0 Å². The summed E-state index contributed by atoms with van der Waals surface area (Å²) in [5.74, 6) is 6.14. The van der Waals surface area contributed by atoms with E-state index in [1.54, 1.807) is 35.5 Å². The van der Waals surface area contributed by atoms with Crippen molar-refractivity contribution in [1.82, 2.24) is 0 Å². The Hall–Kier alpha value is 1.86. The molecule has 0 aromatic carbocycles. The molecule has 0 bridgehead atoms. The number of halogens is 2. The molecule has 0 radical (unpaired) electrons. The Kier molecular flexibility index (Phi) is 11.1. The van der Waals surface area contributed by atoms with Gasteiger partial charge in [-0.1, -0.05) is 63.8 Å². The standard InChI is InChI=1S/C26H40S2Si.2CH3.2ClH.Zr/c1-15-13-21-22-14-16(2)28-24(22)26(23(21)27-15)29(3,4)25-19-11-7-5-9-17(19)18-10-6-8-12-20(18)25;;;;;/h13-14,17-26H,5-12H2,1-4H3;2*1H3;2*1H;/q;2*-1;;;+4/p-2. The van der Waals surface area contributed by atoms with Crippen LogP contribution in [0.15, 0.2) is 22.0 Å². The van der Waals surface area contributed by atoms with Gasteiger partial charge < -0.3 is 14.9 Å². The van der Waals surface area contributed by atoms with Crippen molar-refractivity contribution in [3.05, 3.63) is 36.8 Å². The van der Waals surface area contributed by atoms with Crippen molar-refractivity contribution in [1.29, 1.82) is 0 Å². The first-order valence-electron chi connectivity index (χ1n) is 13.0. The number of allylic oxidation sites excluding steroid dienone is 4. The zero-order valence-electron chi connectivity index (χ0n) is 22.2. The molecule has 8 atom stereocenters. The molecule has 4 fully saturated rings. The predicted octanol–water partition coefficient (Wildman–Crippen LogP) is 10.6. The summed E-state index contributed by atoms with van der Waals surface area (Å²) in [5, 5.41) is 1.82. The Morgan fingerprint density at radius 3 is 1.44 bits per heavy atom. The Labute approximate surface area is 239 Å². The molecular weight excluding hydrogens is 591 g/mol. The topological polar surface area (TPSA) is 0 Å². The molecule has 34 heavy (non-hydrogen) atoms. The van der Waals surface area contributed by atoms with Crippen molar-refractivity contribution in [2.75, 3.05) is 0 Å². The van der Waals surface area contributed by atoms with Crippen LogP contribution in [-0.4, -0.2) is 18.6 Å². The molecule has 0 aromatic rings. The zero-order chi connectivity index (χ0) is 22.6. The van der Waals surface area contributed by atoms with Gasteiger partial charge in [0.15, 0.2) is 0 Å². The van der Waals surface area contributed by atoms with Crippen LogP contribution >= 0.6 is 40.5 Å². The molecule has 4 saturated carbocycles. The third kappa shape index (κ3) is 5.20. The number of rotatable bonds is 2. The molecule has 0 aromatic heterocycles.